The lowest BCUT2D eigenvalue weighted by molar-refractivity contribution is 0.0736. The van der Waals surface area contributed by atoms with Crippen LogP contribution in [0.2, 0.25) is 0 Å². The molecule has 3 aromatic heterocycles. The molecule has 0 saturated carbocycles. The summed E-state index contributed by atoms with van der Waals surface area (Å²) in [5, 5.41) is 0. The largest absolute Gasteiger partial charge is 0.333 e. The van der Waals surface area contributed by atoms with Crippen molar-refractivity contribution in [3.8, 4) is 0 Å². The maximum atomic E-state index is 13.4. The zero-order valence-electron chi connectivity index (χ0n) is 12.8. The van der Waals surface area contributed by atoms with Gasteiger partial charge in [-0.15, -0.1) is 11.3 Å². The number of thiazole rings is 1. The number of aryl methyl sites for hydroxylation is 1. The van der Waals surface area contributed by atoms with Gasteiger partial charge < -0.3 is 4.90 Å². The van der Waals surface area contributed by atoms with E-state index in [2.05, 4.69) is 9.97 Å². The molecule has 6 nitrogen and oxygen atoms in total. The van der Waals surface area contributed by atoms with Crippen LogP contribution in [0.5, 0.6) is 0 Å². The van der Waals surface area contributed by atoms with Gasteiger partial charge in [-0.1, -0.05) is 0 Å². The van der Waals surface area contributed by atoms with Gasteiger partial charge in [0.2, 0.25) is 0 Å². The normalized spacial score (nSPS) is 14.0. The topological polar surface area (TPSA) is 67.6 Å². The molecule has 0 aliphatic carbocycles. The molecule has 0 atom stereocenters. The number of halogens is 1. The summed E-state index contributed by atoms with van der Waals surface area (Å²) in [6, 6.07) is 2.76. The van der Waals surface area contributed by atoms with Gasteiger partial charge in [-0.05, 0) is 19.1 Å². The molecule has 1 amide bonds. The van der Waals surface area contributed by atoms with Gasteiger partial charge in [0.05, 0.1) is 29.0 Å². The van der Waals surface area contributed by atoms with Crippen LogP contribution in [0.15, 0.2) is 28.6 Å². The monoisotopic (exact) mass is 344 g/mol. The molecule has 0 N–H and O–H groups in total. The van der Waals surface area contributed by atoms with Gasteiger partial charge >= 0.3 is 0 Å². The number of fused-ring (bicyclic) bond motifs is 2. The molecular formula is C16H13FN4O2S. The average molecular weight is 344 g/mol. The molecular weight excluding hydrogens is 331 g/mol. The van der Waals surface area contributed by atoms with Crippen LogP contribution in [-0.2, 0) is 13.0 Å². The Morgan fingerprint density at radius 1 is 1.38 bits per heavy atom. The third-order valence-electron chi connectivity index (χ3n) is 4.16. The Morgan fingerprint density at radius 2 is 2.21 bits per heavy atom. The van der Waals surface area contributed by atoms with Crippen LogP contribution >= 0.6 is 11.3 Å². The molecule has 0 spiro atoms. The van der Waals surface area contributed by atoms with Crippen LogP contribution in [0.3, 0.4) is 0 Å². The van der Waals surface area contributed by atoms with Crippen LogP contribution in [0, 0.1) is 12.7 Å². The fraction of sp³-hybridized carbons (Fsp3) is 0.250. The molecule has 24 heavy (non-hydrogen) atoms. The highest BCUT2D eigenvalue weighted by Gasteiger charge is 2.27. The Hall–Kier alpha value is -2.61. The first-order valence-corrected chi connectivity index (χ1v) is 8.31. The maximum Gasteiger partial charge on any atom is 0.266 e. The summed E-state index contributed by atoms with van der Waals surface area (Å²) >= 11 is 1.29. The lowest BCUT2D eigenvalue weighted by Gasteiger charge is -2.27. The number of carbonyl (C=O) groups is 1. The fourth-order valence-electron chi connectivity index (χ4n) is 2.90. The minimum Gasteiger partial charge on any atom is -0.333 e. The molecule has 8 heteroatoms. The summed E-state index contributed by atoms with van der Waals surface area (Å²) in [5.74, 6) is -0.639. The summed E-state index contributed by atoms with van der Waals surface area (Å²) < 4.78 is 14.6. The van der Waals surface area contributed by atoms with E-state index in [1.165, 1.54) is 27.9 Å². The number of rotatable bonds is 1. The first-order valence-electron chi connectivity index (χ1n) is 7.43. The van der Waals surface area contributed by atoms with Crippen LogP contribution in [0.25, 0.3) is 5.65 Å². The highest BCUT2D eigenvalue weighted by Crippen LogP contribution is 2.21. The van der Waals surface area contributed by atoms with Crippen molar-refractivity contribution in [3.63, 3.8) is 0 Å². The van der Waals surface area contributed by atoms with E-state index < -0.39 is 5.82 Å². The highest BCUT2D eigenvalue weighted by atomic mass is 32.1. The number of hydrogen-bond acceptors (Lipinski definition) is 5. The van der Waals surface area contributed by atoms with Crippen molar-refractivity contribution >= 4 is 22.9 Å². The van der Waals surface area contributed by atoms with E-state index in [9.17, 15) is 14.0 Å². The number of pyridine rings is 1. The van der Waals surface area contributed by atoms with Crippen LogP contribution in [0.4, 0.5) is 4.39 Å². The van der Waals surface area contributed by atoms with Gasteiger partial charge in [-0.2, -0.15) is 0 Å². The lowest BCUT2D eigenvalue weighted by Crippen LogP contribution is -2.40. The number of aromatic nitrogens is 3. The highest BCUT2D eigenvalue weighted by molar-refractivity contribution is 7.11. The van der Waals surface area contributed by atoms with Crippen LogP contribution in [0.1, 0.15) is 26.6 Å². The number of carbonyl (C=O) groups excluding carboxylic acids is 1. The Balaban J connectivity index is 1.76. The van der Waals surface area contributed by atoms with Crippen molar-refractivity contribution in [2.45, 2.75) is 19.9 Å². The smallest absolute Gasteiger partial charge is 0.266 e. The standard InChI is InChI=1S/C16H13FN4O2S/c1-9-14(24-8-18-9)16(23)20-5-4-12-11(7-20)15(22)21-6-10(17)2-3-13(21)19-12/h2-3,6,8H,4-5,7H2,1H3. The van der Waals surface area contributed by atoms with Gasteiger partial charge in [0.25, 0.3) is 11.5 Å². The quantitative estimate of drug-likeness (QED) is 0.675. The Bertz CT molecular complexity index is 1030. The van der Waals surface area contributed by atoms with Gasteiger partial charge in [0.1, 0.15) is 16.3 Å². The van der Waals surface area contributed by atoms with Gasteiger partial charge in [-0.3, -0.25) is 14.0 Å². The van der Waals surface area contributed by atoms with E-state index in [1.807, 2.05) is 0 Å². The van der Waals surface area contributed by atoms with Crippen molar-refractivity contribution in [3.05, 3.63) is 61.8 Å². The van der Waals surface area contributed by atoms with E-state index in [0.29, 0.717) is 40.4 Å². The van der Waals surface area contributed by atoms with Crippen LogP contribution in [-0.4, -0.2) is 31.7 Å². The predicted octanol–water partition coefficient (Wildman–Crippen LogP) is 1.80. The molecule has 0 bridgehead atoms. The first-order chi connectivity index (χ1) is 11.5. The van der Waals surface area contributed by atoms with Gasteiger partial charge in [0.15, 0.2) is 0 Å². The van der Waals surface area contributed by atoms with Crippen molar-refractivity contribution < 1.29 is 9.18 Å². The molecule has 0 radical (unpaired) electrons. The molecule has 0 fully saturated rings. The summed E-state index contributed by atoms with van der Waals surface area (Å²) in [4.78, 5) is 36.0. The van der Waals surface area contributed by atoms with E-state index in [0.717, 1.165) is 6.20 Å². The number of nitrogens with zero attached hydrogens (tertiary/aromatic N) is 4. The van der Waals surface area contributed by atoms with Gasteiger partial charge in [-0.25, -0.2) is 14.4 Å². The molecule has 3 aromatic rings. The number of hydrogen-bond donors (Lipinski definition) is 0. The minimum atomic E-state index is -0.504. The molecule has 0 saturated heterocycles. The predicted molar refractivity (Wildman–Crippen MR) is 86.7 cm³/mol. The van der Waals surface area contributed by atoms with Crippen molar-refractivity contribution in [2.75, 3.05) is 6.54 Å². The molecule has 0 unspecified atom stereocenters. The summed E-state index contributed by atoms with van der Waals surface area (Å²) in [6.45, 7) is 2.46. The van der Waals surface area contributed by atoms with Gasteiger partial charge in [0, 0.05) is 19.2 Å². The van der Waals surface area contributed by atoms with E-state index >= 15 is 0 Å². The molecule has 4 heterocycles. The Kier molecular flexibility index (Phi) is 3.42. The molecule has 1 aliphatic rings. The second-order valence-electron chi connectivity index (χ2n) is 5.66. The van der Waals surface area contributed by atoms with Crippen molar-refractivity contribution in [1.82, 2.24) is 19.3 Å². The molecule has 1 aliphatic heterocycles. The Labute approximate surface area is 140 Å². The number of amides is 1. The first kappa shape index (κ1) is 14.9. The van der Waals surface area contributed by atoms with Crippen molar-refractivity contribution in [1.29, 1.82) is 0 Å². The van der Waals surface area contributed by atoms with E-state index in [-0.39, 0.29) is 18.0 Å². The lowest BCUT2D eigenvalue weighted by atomic mass is 10.1. The summed E-state index contributed by atoms with van der Waals surface area (Å²) in [6.07, 6.45) is 1.63. The third kappa shape index (κ3) is 2.30. The molecule has 0 aromatic carbocycles. The van der Waals surface area contributed by atoms with Crippen LogP contribution < -0.4 is 5.56 Å². The third-order valence-corrected chi connectivity index (χ3v) is 5.08. The molecule has 4 rings (SSSR count). The van der Waals surface area contributed by atoms with E-state index in [1.54, 1.807) is 17.3 Å². The fourth-order valence-corrected chi connectivity index (χ4v) is 3.67. The van der Waals surface area contributed by atoms with Crippen molar-refractivity contribution in [2.24, 2.45) is 0 Å². The SMILES string of the molecule is Cc1ncsc1C(=O)N1CCc2nc3ccc(F)cn3c(=O)c2C1. The minimum absolute atomic E-state index is 0.135. The maximum absolute atomic E-state index is 13.4. The second kappa shape index (κ2) is 5.48. The average Bonchev–Trinajstić information content (AvgIpc) is 3.01. The summed E-state index contributed by atoms with van der Waals surface area (Å²) in [5.41, 5.74) is 3.53. The second-order valence-corrected chi connectivity index (χ2v) is 6.52. The zero-order chi connectivity index (χ0) is 16.8. The molecule has 122 valence electrons. The zero-order valence-corrected chi connectivity index (χ0v) is 13.6. The Morgan fingerprint density at radius 3 is 2.96 bits per heavy atom. The van der Waals surface area contributed by atoms with E-state index in [4.69, 9.17) is 0 Å². The summed E-state index contributed by atoms with van der Waals surface area (Å²) in [7, 11) is 0.